The molecule has 3 nitrogen and oxygen atoms in total. The lowest BCUT2D eigenvalue weighted by atomic mass is 9.96. The van der Waals surface area contributed by atoms with E-state index in [0.717, 1.165) is 24.8 Å². The van der Waals surface area contributed by atoms with Gasteiger partial charge in [-0.25, -0.2) is 0 Å². The van der Waals surface area contributed by atoms with E-state index in [0.29, 0.717) is 12.2 Å². The van der Waals surface area contributed by atoms with Crippen LogP contribution in [0.15, 0.2) is 35.4 Å². The Morgan fingerprint density at radius 3 is 2.79 bits per heavy atom. The van der Waals surface area contributed by atoms with Crippen LogP contribution in [-0.2, 0) is 4.79 Å². The van der Waals surface area contributed by atoms with E-state index in [4.69, 9.17) is 0 Å². The summed E-state index contributed by atoms with van der Waals surface area (Å²) >= 11 is 0. The van der Waals surface area contributed by atoms with Gasteiger partial charge in [0.2, 0.25) is 0 Å². The molecule has 19 heavy (non-hydrogen) atoms. The molecule has 1 aromatic rings. The summed E-state index contributed by atoms with van der Waals surface area (Å²) in [5.41, 5.74) is 1.09. The van der Waals surface area contributed by atoms with E-state index >= 15 is 0 Å². The summed E-state index contributed by atoms with van der Waals surface area (Å²) in [4.78, 5) is 11.7. The number of hydrazone groups is 1. The molecule has 0 unspecified atom stereocenters. The van der Waals surface area contributed by atoms with Gasteiger partial charge in [-0.3, -0.25) is 9.80 Å². The molecule has 3 heteroatoms. The largest absolute Gasteiger partial charge is 0.300 e. The summed E-state index contributed by atoms with van der Waals surface area (Å²) in [5.74, 6) is 0.381. The highest BCUT2D eigenvalue weighted by molar-refractivity contribution is 5.80. The van der Waals surface area contributed by atoms with Crippen molar-refractivity contribution < 1.29 is 4.79 Å². The first-order valence-corrected chi connectivity index (χ1v) is 7.09. The molecule has 0 amide bonds. The lowest BCUT2D eigenvalue weighted by Crippen LogP contribution is -2.30. The molecule has 0 saturated heterocycles. The standard InChI is InChI=1S/C16H22N2O/c1-18(17-13-14-8-4-2-5-9-14)15-10-6-3-7-11-16(19)12-15/h2,4-5,8-9,13,15H,3,6-7,10-12H2,1H3/b17-13+/t15-/m0/s1. The maximum Gasteiger partial charge on any atom is 0.135 e. The minimum atomic E-state index is 0.257. The van der Waals surface area contributed by atoms with Crippen LogP contribution in [0.4, 0.5) is 0 Å². The van der Waals surface area contributed by atoms with E-state index in [-0.39, 0.29) is 6.04 Å². The normalized spacial score (nSPS) is 21.1. The highest BCUT2D eigenvalue weighted by atomic mass is 16.1. The predicted molar refractivity (Wildman–Crippen MR) is 78.3 cm³/mol. The van der Waals surface area contributed by atoms with Crippen LogP contribution in [0.3, 0.4) is 0 Å². The fourth-order valence-corrected chi connectivity index (χ4v) is 2.46. The molecule has 1 aromatic carbocycles. The summed E-state index contributed by atoms with van der Waals surface area (Å²) in [6.45, 7) is 0. The van der Waals surface area contributed by atoms with Crippen LogP contribution in [0.25, 0.3) is 0 Å². The van der Waals surface area contributed by atoms with E-state index in [9.17, 15) is 4.79 Å². The first kappa shape index (κ1) is 13.8. The summed E-state index contributed by atoms with van der Waals surface area (Å²) in [7, 11) is 1.97. The van der Waals surface area contributed by atoms with E-state index < -0.39 is 0 Å². The van der Waals surface area contributed by atoms with Crippen LogP contribution in [0, 0.1) is 0 Å². The molecular weight excluding hydrogens is 236 g/mol. The number of rotatable bonds is 3. The molecule has 1 saturated carbocycles. The Morgan fingerprint density at radius 1 is 1.21 bits per heavy atom. The Kier molecular flexibility index (Phi) is 5.13. The SMILES string of the molecule is CN(/N=C/c1ccccc1)[C@H]1CCCCCC(=O)C1. The monoisotopic (exact) mass is 258 g/mol. The number of nitrogens with zero attached hydrogens (tertiary/aromatic N) is 2. The molecule has 1 aliphatic rings. The Balaban J connectivity index is 1.95. The lowest BCUT2D eigenvalue weighted by Gasteiger charge is -2.26. The Labute approximate surface area is 115 Å². The van der Waals surface area contributed by atoms with Crippen LogP contribution in [0.2, 0.25) is 0 Å². The molecule has 0 spiro atoms. The third-order valence-electron chi connectivity index (χ3n) is 3.67. The smallest absolute Gasteiger partial charge is 0.135 e. The van der Waals surface area contributed by atoms with E-state index in [2.05, 4.69) is 5.10 Å². The maximum absolute atomic E-state index is 11.7. The topological polar surface area (TPSA) is 32.7 Å². The number of carbonyl (C=O) groups excluding carboxylic acids is 1. The van der Waals surface area contributed by atoms with Gasteiger partial charge in [0, 0.05) is 19.9 Å². The van der Waals surface area contributed by atoms with Crippen LogP contribution in [0.5, 0.6) is 0 Å². The van der Waals surface area contributed by atoms with E-state index in [1.165, 1.54) is 12.8 Å². The summed E-state index contributed by atoms with van der Waals surface area (Å²) in [6, 6.07) is 10.3. The van der Waals surface area contributed by atoms with Crippen LogP contribution in [-0.4, -0.2) is 30.1 Å². The zero-order chi connectivity index (χ0) is 13.5. The molecule has 0 heterocycles. The molecule has 0 aliphatic heterocycles. The molecule has 102 valence electrons. The summed E-state index contributed by atoms with van der Waals surface area (Å²) in [5, 5.41) is 6.44. The molecule has 0 radical (unpaired) electrons. The van der Waals surface area contributed by atoms with Gasteiger partial charge in [-0.1, -0.05) is 43.2 Å². The number of carbonyl (C=O) groups is 1. The van der Waals surface area contributed by atoms with Crippen LogP contribution < -0.4 is 0 Å². The molecule has 0 bridgehead atoms. The molecule has 1 aliphatic carbocycles. The summed E-state index contributed by atoms with van der Waals surface area (Å²) < 4.78 is 0. The molecule has 0 N–H and O–H groups in total. The number of Topliss-reactive ketones (excluding diaryl/α,β-unsaturated/α-hetero) is 1. The number of hydrogen-bond donors (Lipinski definition) is 0. The van der Waals surface area contributed by atoms with E-state index in [1.807, 2.05) is 48.6 Å². The summed E-state index contributed by atoms with van der Waals surface area (Å²) in [6.07, 6.45) is 7.73. The van der Waals surface area contributed by atoms with Gasteiger partial charge in [-0.2, -0.15) is 5.10 Å². The average molecular weight is 258 g/mol. The molecule has 1 atom stereocenters. The van der Waals surface area contributed by atoms with Crippen molar-refractivity contribution in [2.24, 2.45) is 5.10 Å². The third kappa shape index (κ3) is 4.51. The van der Waals surface area contributed by atoms with Crippen molar-refractivity contribution in [3.63, 3.8) is 0 Å². The highest BCUT2D eigenvalue weighted by Crippen LogP contribution is 2.18. The third-order valence-corrected chi connectivity index (χ3v) is 3.67. The first-order valence-electron chi connectivity index (χ1n) is 7.09. The van der Waals surface area contributed by atoms with Crippen molar-refractivity contribution in [2.75, 3.05) is 7.05 Å². The van der Waals surface area contributed by atoms with Crippen LogP contribution >= 0.6 is 0 Å². The lowest BCUT2D eigenvalue weighted by molar-refractivity contribution is -0.120. The minimum absolute atomic E-state index is 0.257. The molecule has 1 fully saturated rings. The van der Waals surface area contributed by atoms with Crippen molar-refractivity contribution in [1.82, 2.24) is 5.01 Å². The van der Waals surface area contributed by atoms with Crippen LogP contribution in [0.1, 0.15) is 44.1 Å². The Morgan fingerprint density at radius 2 is 2.00 bits per heavy atom. The molecule has 2 rings (SSSR count). The minimum Gasteiger partial charge on any atom is -0.300 e. The second kappa shape index (κ2) is 7.07. The van der Waals surface area contributed by atoms with Gasteiger partial charge >= 0.3 is 0 Å². The Bertz CT molecular complexity index is 428. The fourth-order valence-electron chi connectivity index (χ4n) is 2.46. The second-order valence-electron chi connectivity index (χ2n) is 5.22. The van der Waals surface area contributed by atoms with Crippen molar-refractivity contribution in [1.29, 1.82) is 0 Å². The first-order chi connectivity index (χ1) is 9.25. The predicted octanol–water partition coefficient (Wildman–Crippen LogP) is 3.24. The van der Waals surface area contributed by atoms with E-state index in [1.54, 1.807) is 0 Å². The Hall–Kier alpha value is -1.64. The number of ketones is 1. The number of benzene rings is 1. The maximum atomic E-state index is 11.7. The molecular formula is C16H22N2O. The van der Waals surface area contributed by atoms with Gasteiger partial charge in [0.1, 0.15) is 5.78 Å². The van der Waals surface area contributed by atoms with Crippen molar-refractivity contribution in [2.45, 2.75) is 44.6 Å². The van der Waals surface area contributed by atoms with Crippen molar-refractivity contribution in [3.05, 3.63) is 35.9 Å². The van der Waals surface area contributed by atoms with Gasteiger partial charge in [0.15, 0.2) is 0 Å². The van der Waals surface area contributed by atoms with Gasteiger partial charge in [-0.05, 0) is 18.4 Å². The zero-order valence-corrected chi connectivity index (χ0v) is 11.6. The number of hydrogen-bond acceptors (Lipinski definition) is 3. The second-order valence-corrected chi connectivity index (χ2v) is 5.22. The van der Waals surface area contributed by atoms with Crippen molar-refractivity contribution in [3.8, 4) is 0 Å². The van der Waals surface area contributed by atoms with Gasteiger partial charge < -0.3 is 0 Å². The zero-order valence-electron chi connectivity index (χ0n) is 11.6. The average Bonchev–Trinajstić information content (AvgIpc) is 2.41. The quantitative estimate of drug-likeness (QED) is 0.616. The van der Waals surface area contributed by atoms with Crippen molar-refractivity contribution >= 4 is 12.0 Å². The highest BCUT2D eigenvalue weighted by Gasteiger charge is 2.19. The molecule has 0 aromatic heterocycles. The van der Waals surface area contributed by atoms with Gasteiger partial charge in [0.05, 0.1) is 12.3 Å². The van der Waals surface area contributed by atoms with Gasteiger partial charge in [-0.15, -0.1) is 0 Å². The van der Waals surface area contributed by atoms with Gasteiger partial charge in [0.25, 0.3) is 0 Å². The fraction of sp³-hybridized carbons (Fsp3) is 0.500.